The first-order valence-corrected chi connectivity index (χ1v) is 12.5. The van der Waals surface area contributed by atoms with Gasteiger partial charge >= 0.3 is 6.18 Å². The zero-order valence-corrected chi connectivity index (χ0v) is 22.4. The number of carbonyl (C=O) groups excluding carboxylic acids is 1. The van der Waals surface area contributed by atoms with Crippen molar-refractivity contribution in [2.75, 3.05) is 7.11 Å². The fourth-order valence-corrected chi connectivity index (χ4v) is 4.40. The maximum absolute atomic E-state index is 14.5. The number of hydrogen-bond donors (Lipinski definition) is 2. The summed E-state index contributed by atoms with van der Waals surface area (Å²) in [7, 11) is 1.40. The van der Waals surface area contributed by atoms with Gasteiger partial charge in [0, 0.05) is 34.7 Å². The van der Waals surface area contributed by atoms with Gasteiger partial charge in [0.15, 0.2) is 5.78 Å². The van der Waals surface area contributed by atoms with Crippen LogP contribution >= 0.6 is 0 Å². The minimum Gasteiger partial charge on any atom is -0.494 e. The molecule has 10 heteroatoms. The number of rotatable bonds is 8. The summed E-state index contributed by atoms with van der Waals surface area (Å²) >= 11 is 0. The molecule has 4 aromatic rings. The number of pyridine rings is 2. The van der Waals surface area contributed by atoms with Crippen LogP contribution in [0.1, 0.15) is 53.9 Å². The van der Waals surface area contributed by atoms with Gasteiger partial charge < -0.3 is 15.6 Å². The first-order valence-electron chi connectivity index (χ1n) is 12.5. The van der Waals surface area contributed by atoms with Gasteiger partial charge in [-0.25, -0.2) is 9.37 Å². The Morgan fingerprint density at radius 2 is 1.80 bits per heavy atom. The maximum atomic E-state index is 14.5. The minimum absolute atomic E-state index is 0.0786. The molecule has 4 rings (SSSR count). The molecule has 0 fully saturated rings. The molecule has 2 heterocycles. The zero-order chi connectivity index (χ0) is 29.5. The molecular formula is C30H29F4N3O3. The quantitative estimate of drug-likeness (QED) is 0.194. The van der Waals surface area contributed by atoms with Crippen LogP contribution in [0.2, 0.25) is 0 Å². The number of aromatic nitrogens is 2. The summed E-state index contributed by atoms with van der Waals surface area (Å²) in [6.45, 7) is 4.72. The number of nitrogens with two attached hydrogens (primary N) is 1. The van der Waals surface area contributed by atoms with Gasteiger partial charge in [-0.15, -0.1) is 0 Å². The van der Waals surface area contributed by atoms with Crippen molar-refractivity contribution in [3.05, 3.63) is 89.0 Å². The van der Waals surface area contributed by atoms with Crippen molar-refractivity contribution in [3.63, 3.8) is 0 Å². The van der Waals surface area contributed by atoms with Gasteiger partial charge in [0.25, 0.3) is 0 Å². The largest absolute Gasteiger partial charge is 0.494 e. The summed E-state index contributed by atoms with van der Waals surface area (Å²) in [6, 6.07) is 12.9. The molecule has 2 aromatic carbocycles. The average Bonchev–Trinajstić information content (AvgIpc) is 2.90. The van der Waals surface area contributed by atoms with Crippen molar-refractivity contribution < 1.29 is 32.2 Å². The number of ketones is 1. The Morgan fingerprint density at radius 1 is 1.07 bits per heavy atom. The number of hydrogen-bond acceptors (Lipinski definition) is 6. The lowest BCUT2D eigenvalue weighted by atomic mass is 9.86. The molecule has 0 saturated heterocycles. The molecule has 210 valence electrons. The fourth-order valence-electron chi connectivity index (χ4n) is 4.40. The van der Waals surface area contributed by atoms with E-state index in [0.717, 1.165) is 6.07 Å². The van der Waals surface area contributed by atoms with Gasteiger partial charge in [-0.05, 0) is 86.8 Å². The highest BCUT2D eigenvalue weighted by atomic mass is 19.4. The van der Waals surface area contributed by atoms with Crippen LogP contribution in [0, 0.1) is 12.7 Å². The number of ether oxygens (including phenoxy) is 1. The molecule has 2 aromatic heterocycles. The highest BCUT2D eigenvalue weighted by Crippen LogP contribution is 2.43. The van der Waals surface area contributed by atoms with E-state index in [0.29, 0.717) is 22.2 Å². The standard InChI is InChI=1S/C30H29F4N3O3/c1-17-12-18(7-8-22(17)31)23-15-21(28(2,3)35)16-26(37-23)29(39,30(32,33)34)10-9-24(38)20-13-19-6-5-11-36-27(19)25(14-20)40-4/h5-8,11-16,39H,9-10,35H2,1-4H3. The average molecular weight is 556 g/mol. The Labute approximate surface area is 228 Å². The van der Waals surface area contributed by atoms with Crippen molar-refractivity contribution in [2.45, 2.75) is 50.9 Å². The molecule has 1 atom stereocenters. The van der Waals surface area contributed by atoms with Crippen molar-refractivity contribution in [1.29, 1.82) is 0 Å². The van der Waals surface area contributed by atoms with E-state index in [9.17, 15) is 27.5 Å². The van der Waals surface area contributed by atoms with Crippen LogP contribution in [-0.2, 0) is 11.1 Å². The van der Waals surface area contributed by atoms with Crippen LogP contribution in [0.4, 0.5) is 17.6 Å². The summed E-state index contributed by atoms with van der Waals surface area (Å²) in [5.41, 5.74) is 2.55. The number of carbonyl (C=O) groups is 1. The zero-order valence-electron chi connectivity index (χ0n) is 22.4. The monoisotopic (exact) mass is 555 g/mol. The lowest BCUT2D eigenvalue weighted by Gasteiger charge is -2.32. The Kier molecular flexibility index (Phi) is 7.70. The summed E-state index contributed by atoms with van der Waals surface area (Å²) < 4.78 is 62.8. The van der Waals surface area contributed by atoms with Crippen LogP contribution in [-0.4, -0.2) is 34.1 Å². The minimum atomic E-state index is -5.18. The van der Waals surface area contributed by atoms with Gasteiger partial charge in [-0.2, -0.15) is 13.2 Å². The van der Waals surface area contributed by atoms with Gasteiger partial charge in [-0.3, -0.25) is 9.78 Å². The van der Waals surface area contributed by atoms with Crippen molar-refractivity contribution in [1.82, 2.24) is 9.97 Å². The molecule has 0 bridgehead atoms. The lowest BCUT2D eigenvalue weighted by Crippen LogP contribution is -2.44. The molecule has 1 unspecified atom stereocenters. The predicted molar refractivity (Wildman–Crippen MR) is 143 cm³/mol. The summed E-state index contributed by atoms with van der Waals surface area (Å²) in [6.07, 6.45) is -5.26. The second kappa shape index (κ2) is 10.6. The summed E-state index contributed by atoms with van der Waals surface area (Å²) in [4.78, 5) is 21.5. The molecule has 40 heavy (non-hydrogen) atoms. The van der Waals surface area contributed by atoms with Crippen LogP contribution in [0.3, 0.4) is 0 Å². The summed E-state index contributed by atoms with van der Waals surface area (Å²) in [5.74, 6) is -0.812. The third kappa shape index (κ3) is 5.68. The Morgan fingerprint density at radius 3 is 2.42 bits per heavy atom. The molecule has 0 aliphatic rings. The predicted octanol–water partition coefficient (Wildman–Crippen LogP) is 6.36. The number of Topliss-reactive ketones (excluding diaryl/α,β-unsaturated/α-hetero) is 1. The smallest absolute Gasteiger partial charge is 0.422 e. The van der Waals surface area contributed by atoms with Crippen LogP contribution in [0.15, 0.2) is 60.8 Å². The molecule has 3 N–H and O–H groups in total. The normalized spacial score (nSPS) is 13.8. The number of methoxy groups -OCH3 is 1. The van der Waals surface area contributed by atoms with E-state index < -0.39 is 47.5 Å². The second-order valence-electron chi connectivity index (χ2n) is 10.3. The number of benzene rings is 2. The van der Waals surface area contributed by atoms with E-state index in [1.165, 1.54) is 50.4 Å². The Balaban J connectivity index is 1.76. The molecule has 0 spiro atoms. The van der Waals surface area contributed by atoms with E-state index in [2.05, 4.69) is 9.97 Å². The van der Waals surface area contributed by atoms with Crippen LogP contribution in [0.5, 0.6) is 5.75 Å². The highest BCUT2D eigenvalue weighted by molar-refractivity contribution is 6.01. The van der Waals surface area contributed by atoms with E-state index in [1.807, 2.05) is 0 Å². The van der Waals surface area contributed by atoms with Gasteiger partial charge in [0.05, 0.1) is 18.5 Å². The SMILES string of the molecule is COc1cc(C(=O)CCC(O)(c2cc(C(C)(C)N)cc(-c3ccc(F)c(C)c3)n2)C(F)(F)F)cc2cccnc12. The number of aryl methyl sites for hydroxylation is 1. The number of halogens is 4. The number of aliphatic hydroxyl groups is 1. The fraction of sp³-hybridized carbons (Fsp3) is 0.300. The molecule has 0 radical (unpaired) electrons. The van der Waals surface area contributed by atoms with E-state index in [-0.39, 0.29) is 22.4 Å². The van der Waals surface area contributed by atoms with E-state index >= 15 is 0 Å². The van der Waals surface area contributed by atoms with E-state index in [4.69, 9.17) is 10.5 Å². The molecule has 0 amide bonds. The van der Waals surface area contributed by atoms with Crippen LogP contribution in [0.25, 0.3) is 22.2 Å². The first kappa shape index (κ1) is 29.1. The van der Waals surface area contributed by atoms with Gasteiger partial charge in [0.1, 0.15) is 17.1 Å². The number of alkyl halides is 3. The first-order chi connectivity index (χ1) is 18.6. The molecular weight excluding hydrogens is 526 g/mol. The Hall–Kier alpha value is -3.89. The third-order valence-electron chi connectivity index (χ3n) is 6.84. The molecule has 0 saturated carbocycles. The van der Waals surface area contributed by atoms with Gasteiger partial charge in [0.2, 0.25) is 5.60 Å². The molecule has 0 aliphatic heterocycles. The Bertz CT molecular complexity index is 1580. The lowest BCUT2D eigenvalue weighted by molar-refractivity contribution is -0.270. The number of fused-ring (bicyclic) bond motifs is 1. The second-order valence-corrected chi connectivity index (χ2v) is 10.3. The summed E-state index contributed by atoms with van der Waals surface area (Å²) in [5, 5.41) is 11.8. The number of nitrogens with zero attached hydrogens (tertiary/aromatic N) is 2. The van der Waals surface area contributed by atoms with Gasteiger partial charge in [-0.1, -0.05) is 6.07 Å². The topological polar surface area (TPSA) is 98.3 Å². The van der Waals surface area contributed by atoms with E-state index in [1.54, 1.807) is 32.2 Å². The molecule has 6 nitrogen and oxygen atoms in total. The van der Waals surface area contributed by atoms with Crippen molar-refractivity contribution in [3.8, 4) is 17.0 Å². The highest BCUT2D eigenvalue weighted by Gasteiger charge is 2.56. The van der Waals surface area contributed by atoms with Crippen LogP contribution < -0.4 is 10.5 Å². The third-order valence-corrected chi connectivity index (χ3v) is 6.84. The van der Waals surface area contributed by atoms with Crippen molar-refractivity contribution >= 4 is 16.7 Å². The van der Waals surface area contributed by atoms with Crippen molar-refractivity contribution in [2.24, 2.45) is 5.73 Å². The molecule has 0 aliphatic carbocycles. The maximum Gasteiger partial charge on any atom is 0.422 e.